The third-order valence-electron chi connectivity index (χ3n) is 3.93. The summed E-state index contributed by atoms with van der Waals surface area (Å²) in [7, 11) is 1.51. The highest BCUT2D eigenvalue weighted by molar-refractivity contribution is 6.31. The number of carbonyl (C=O) groups is 2. The van der Waals surface area contributed by atoms with Gasteiger partial charge in [0.15, 0.2) is 0 Å². The van der Waals surface area contributed by atoms with Crippen molar-refractivity contribution in [1.29, 1.82) is 0 Å². The fraction of sp³-hybridized carbons (Fsp3) is 0.350. The van der Waals surface area contributed by atoms with Crippen molar-refractivity contribution in [2.24, 2.45) is 0 Å². The molecule has 0 unspecified atom stereocenters. The van der Waals surface area contributed by atoms with Gasteiger partial charge in [0.2, 0.25) is 0 Å². The lowest BCUT2D eigenvalue weighted by Crippen LogP contribution is -2.33. The zero-order chi connectivity index (χ0) is 19.8. The molecule has 0 aliphatic carbocycles. The predicted molar refractivity (Wildman–Crippen MR) is 107 cm³/mol. The molecule has 1 aromatic heterocycles. The molecule has 7 heteroatoms. The monoisotopic (exact) mass is 389 g/mol. The Labute approximate surface area is 164 Å². The molecule has 0 radical (unpaired) electrons. The van der Waals surface area contributed by atoms with Crippen molar-refractivity contribution < 1.29 is 14.3 Å². The van der Waals surface area contributed by atoms with Gasteiger partial charge < -0.3 is 15.0 Å². The van der Waals surface area contributed by atoms with Gasteiger partial charge in [-0.3, -0.25) is 14.6 Å². The van der Waals surface area contributed by atoms with Gasteiger partial charge in [0.25, 0.3) is 11.8 Å². The molecule has 0 atom stereocenters. The Morgan fingerprint density at radius 3 is 2.48 bits per heavy atom. The standard InChI is InChI=1S/C20H24ClN3O3/c1-4-10-24(11-5-2)20(26)17-12-14(8-9-22-17)19(25)23-16-13-15(21)6-7-18(16)27-3/h6-9,12-13H,4-5,10-11H2,1-3H3,(H,23,25). The molecular formula is C20H24ClN3O3. The smallest absolute Gasteiger partial charge is 0.272 e. The average Bonchev–Trinajstić information content (AvgIpc) is 2.67. The summed E-state index contributed by atoms with van der Waals surface area (Å²) in [6.07, 6.45) is 3.19. The molecule has 0 saturated carbocycles. The Morgan fingerprint density at radius 1 is 1.15 bits per heavy atom. The summed E-state index contributed by atoms with van der Waals surface area (Å²) in [5.74, 6) is -0.0478. The van der Waals surface area contributed by atoms with Crippen LogP contribution in [0.4, 0.5) is 5.69 Å². The third kappa shape index (κ3) is 5.44. The molecular weight excluding hydrogens is 366 g/mol. The largest absolute Gasteiger partial charge is 0.495 e. The SMILES string of the molecule is CCCN(CCC)C(=O)c1cc(C(=O)Nc2cc(Cl)ccc2OC)ccn1. The van der Waals surface area contributed by atoms with Crippen LogP contribution in [0.2, 0.25) is 5.02 Å². The van der Waals surface area contributed by atoms with Crippen LogP contribution in [0.25, 0.3) is 0 Å². The van der Waals surface area contributed by atoms with Crippen molar-refractivity contribution in [2.75, 3.05) is 25.5 Å². The van der Waals surface area contributed by atoms with Gasteiger partial charge >= 0.3 is 0 Å². The van der Waals surface area contributed by atoms with Gasteiger partial charge in [-0.15, -0.1) is 0 Å². The van der Waals surface area contributed by atoms with E-state index in [2.05, 4.69) is 10.3 Å². The van der Waals surface area contributed by atoms with Crippen LogP contribution < -0.4 is 10.1 Å². The number of methoxy groups -OCH3 is 1. The summed E-state index contributed by atoms with van der Waals surface area (Å²) in [5.41, 5.74) is 1.05. The Bertz CT molecular complexity index is 805. The molecule has 144 valence electrons. The first-order chi connectivity index (χ1) is 13.0. The minimum atomic E-state index is -0.371. The number of benzene rings is 1. The van der Waals surface area contributed by atoms with Crippen molar-refractivity contribution in [3.8, 4) is 5.75 Å². The number of halogens is 1. The Morgan fingerprint density at radius 2 is 1.85 bits per heavy atom. The lowest BCUT2D eigenvalue weighted by molar-refractivity contribution is 0.0749. The number of aromatic nitrogens is 1. The number of ether oxygens (including phenoxy) is 1. The normalized spacial score (nSPS) is 10.4. The van der Waals surface area contributed by atoms with Crippen LogP contribution in [0.5, 0.6) is 5.75 Å². The molecule has 0 fully saturated rings. The first-order valence-electron chi connectivity index (χ1n) is 8.90. The maximum Gasteiger partial charge on any atom is 0.272 e. The van der Waals surface area contributed by atoms with Crippen LogP contribution in [0.3, 0.4) is 0 Å². The summed E-state index contributed by atoms with van der Waals surface area (Å²) in [6, 6.07) is 8.03. The summed E-state index contributed by atoms with van der Waals surface area (Å²) in [6.45, 7) is 5.35. The maximum absolute atomic E-state index is 12.7. The van der Waals surface area contributed by atoms with E-state index in [1.807, 2.05) is 13.8 Å². The van der Waals surface area contributed by atoms with E-state index >= 15 is 0 Å². The van der Waals surface area contributed by atoms with Gasteiger partial charge in [0.1, 0.15) is 11.4 Å². The molecule has 0 saturated heterocycles. The zero-order valence-corrected chi connectivity index (χ0v) is 16.5. The van der Waals surface area contributed by atoms with Crippen LogP contribution >= 0.6 is 11.6 Å². The van der Waals surface area contributed by atoms with Crippen LogP contribution in [0, 0.1) is 0 Å². The van der Waals surface area contributed by atoms with Crippen molar-refractivity contribution in [2.45, 2.75) is 26.7 Å². The van der Waals surface area contributed by atoms with Gasteiger partial charge in [-0.2, -0.15) is 0 Å². The Balaban J connectivity index is 2.22. The van der Waals surface area contributed by atoms with E-state index in [9.17, 15) is 9.59 Å². The first-order valence-corrected chi connectivity index (χ1v) is 9.28. The molecule has 2 amide bonds. The number of amides is 2. The van der Waals surface area contributed by atoms with Crippen LogP contribution in [-0.4, -0.2) is 41.9 Å². The third-order valence-corrected chi connectivity index (χ3v) is 4.16. The van der Waals surface area contributed by atoms with Crippen molar-refractivity contribution in [3.05, 3.63) is 52.8 Å². The fourth-order valence-corrected chi connectivity index (χ4v) is 2.85. The lowest BCUT2D eigenvalue weighted by atomic mass is 10.2. The lowest BCUT2D eigenvalue weighted by Gasteiger charge is -2.21. The summed E-state index contributed by atoms with van der Waals surface area (Å²) < 4.78 is 5.24. The predicted octanol–water partition coefficient (Wildman–Crippen LogP) is 4.26. The van der Waals surface area contributed by atoms with Gasteiger partial charge in [0, 0.05) is 29.9 Å². The number of hydrogen-bond acceptors (Lipinski definition) is 4. The molecule has 1 heterocycles. The van der Waals surface area contributed by atoms with Gasteiger partial charge in [-0.05, 0) is 43.2 Å². The van der Waals surface area contributed by atoms with E-state index < -0.39 is 0 Å². The van der Waals surface area contributed by atoms with Crippen molar-refractivity contribution >= 4 is 29.1 Å². The number of anilines is 1. The molecule has 1 aromatic carbocycles. The highest BCUT2D eigenvalue weighted by Gasteiger charge is 2.18. The number of carbonyl (C=O) groups excluding carboxylic acids is 2. The van der Waals surface area contributed by atoms with E-state index in [0.29, 0.717) is 35.1 Å². The highest BCUT2D eigenvalue weighted by Crippen LogP contribution is 2.28. The molecule has 0 bridgehead atoms. The minimum absolute atomic E-state index is 0.173. The summed E-state index contributed by atoms with van der Waals surface area (Å²) >= 11 is 6.00. The molecule has 1 N–H and O–H groups in total. The van der Waals surface area contributed by atoms with E-state index in [4.69, 9.17) is 16.3 Å². The summed E-state index contributed by atoms with van der Waals surface area (Å²) in [5, 5.41) is 3.24. The second-order valence-corrected chi connectivity index (χ2v) is 6.46. The fourth-order valence-electron chi connectivity index (χ4n) is 2.68. The molecule has 6 nitrogen and oxygen atoms in total. The molecule has 2 rings (SSSR count). The number of pyridine rings is 1. The second kappa shape index (κ2) is 9.92. The van der Waals surface area contributed by atoms with Crippen LogP contribution in [0.1, 0.15) is 47.5 Å². The van der Waals surface area contributed by atoms with E-state index in [1.165, 1.54) is 19.4 Å². The number of nitrogens with one attached hydrogen (secondary N) is 1. The van der Waals surface area contributed by atoms with E-state index in [1.54, 1.807) is 29.2 Å². The number of nitrogens with zero attached hydrogens (tertiary/aromatic N) is 2. The topological polar surface area (TPSA) is 71.5 Å². The Hall–Kier alpha value is -2.60. The molecule has 0 aliphatic rings. The molecule has 2 aromatic rings. The quantitative estimate of drug-likeness (QED) is 0.732. The zero-order valence-electron chi connectivity index (χ0n) is 15.8. The Kier molecular flexibility index (Phi) is 7.61. The van der Waals surface area contributed by atoms with E-state index in [-0.39, 0.29) is 17.5 Å². The van der Waals surface area contributed by atoms with Crippen molar-refractivity contribution in [1.82, 2.24) is 9.88 Å². The molecule has 0 spiro atoms. The van der Waals surface area contributed by atoms with Crippen molar-refractivity contribution in [3.63, 3.8) is 0 Å². The van der Waals surface area contributed by atoms with Gasteiger partial charge in [-0.25, -0.2) is 0 Å². The van der Waals surface area contributed by atoms with Crippen LogP contribution in [0.15, 0.2) is 36.5 Å². The molecule has 0 aliphatic heterocycles. The summed E-state index contributed by atoms with van der Waals surface area (Å²) in [4.78, 5) is 31.2. The minimum Gasteiger partial charge on any atom is -0.495 e. The van der Waals surface area contributed by atoms with Crippen LogP contribution in [-0.2, 0) is 0 Å². The van der Waals surface area contributed by atoms with Gasteiger partial charge in [0.05, 0.1) is 12.8 Å². The van der Waals surface area contributed by atoms with Gasteiger partial charge in [-0.1, -0.05) is 25.4 Å². The number of rotatable bonds is 8. The maximum atomic E-state index is 12.7. The first kappa shape index (κ1) is 20.7. The second-order valence-electron chi connectivity index (χ2n) is 6.02. The highest BCUT2D eigenvalue weighted by atomic mass is 35.5. The number of hydrogen-bond donors (Lipinski definition) is 1. The molecule has 27 heavy (non-hydrogen) atoms. The average molecular weight is 390 g/mol. The van der Waals surface area contributed by atoms with E-state index in [0.717, 1.165) is 12.8 Å².